The molecular weight excluding hydrogens is 483 g/mol. The number of pyridine rings is 1. The van der Waals surface area contributed by atoms with Crippen molar-refractivity contribution in [1.82, 2.24) is 19.8 Å². The number of rotatable bonds is 8. The highest BCUT2D eigenvalue weighted by atomic mass is 32.1. The molecule has 0 bridgehead atoms. The van der Waals surface area contributed by atoms with Gasteiger partial charge in [-0.25, -0.2) is 4.39 Å². The Kier molecular flexibility index (Phi) is 7.32. The second kappa shape index (κ2) is 9.99. The molecule has 0 saturated carbocycles. The molecule has 1 amide bonds. The van der Waals surface area contributed by atoms with Crippen LogP contribution in [0.3, 0.4) is 0 Å². The van der Waals surface area contributed by atoms with Gasteiger partial charge in [-0.1, -0.05) is 6.92 Å². The zero-order valence-electron chi connectivity index (χ0n) is 21.7. The van der Waals surface area contributed by atoms with Crippen molar-refractivity contribution in [3.05, 3.63) is 39.0 Å². The van der Waals surface area contributed by atoms with Gasteiger partial charge in [0.05, 0.1) is 15.4 Å². The van der Waals surface area contributed by atoms with E-state index in [1.54, 1.807) is 40.1 Å². The van der Waals surface area contributed by atoms with E-state index in [4.69, 9.17) is 4.74 Å². The molecule has 2 atom stereocenters. The van der Waals surface area contributed by atoms with Gasteiger partial charge in [0, 0.05) is 42.7 Å². The second-order valence-corrected chi connectivity index (χ2v) is 11.2. The zero-order valence-corrected chi connectivity index (χ0v) is 22.5. The second-order valence-electron chi connectivity index (χ2n) is 10.2. The number of nitrogens with zero attached hydrogens (tertiary/aromatic N) is 2. The van der Waals surface area contributed by atoms with E-state index >= 15 is 4.39 Å². The lowest BCUT2D eigenvalue weighted by atomic mass is 9.91. The summed E-state index contributed by atoms with van der Waals surface area (Å²) in [5, 5.41) is 13.9. The number of amides is 1. The quantitative estimate of drug-likeness (QED) is 0.421. The monoisotopic (exact) mass is 518 g/mol. The first kappa shape index (κ1) is 26.4. The summed E-state index contributed by atoms with van der Waals surface area (Å²) in [5.74, 6) is -1.19. The molecule has 3 N–H and O–H groups in total. The molecule has 1 fully saturated rings. The van der Waals surface area contributed by atoms with E-state index in [1.165, 1.54) is 15.9 Å². The number of hydrogen-bond acceptors (Lipinski definition) is 6. The Bertz CT molecular complexity index is 1340. The molecular formula is C26H35FN4O4S. The molecule has 10 heteroatoms. The first-order chi connectivity index (χ1) is 16.9. The SMILES string of the molecule is CCNC(=O)c1cc2c(-c3sc(C(C)C(C)(C)O)c(F)c3OCC3CCCN3C)cn(C)c(=O)c2[nH]1. The number of carbonyl (C=O) groups excluding carboxylic acids is 1. The number of hydrogen-bond donors (Lipinski definition) is 3. The lowest BCUT2D eigenvalue weighted by Crippen LogP contribution is -2.30. The minimum Gasteiger partial charge on any atom is -0.487 e. The van der Waals surface area contributed by atoms with Crippen molar-refractivity contribution in [3.8, 4) is 16.2 Å². The average Bonchev–Trinajstić information content (AvgIpc) is 3.51. The van der Waals surface area contributed by atoms with E-state index in [2.05, 4.69) is 15.2 Å². The number of H-pyrrole nitrogens is 1. The van der Waals surface area contributed by atoms with Crippen LogP contribution in [0.5, 0.6) is 5.75 Å². The highest BCUT2D eigenvalue weighted by Gasteiger charge is 2.33. The molecule has 0 radical (unpaired) electrons. The Balaban J connectivity index is 1.89. The number of thiophene rings is 1. The van der Waals surface area contributed by atoms with Gasteiger partial charge in [0.25, 0.3) is 11.5 Å². The lowest BCUT2D eigenvalue weighted by Gasteiger charge is -2.24. The van der Waals surface area contributed by atoms with Crippen LogP contribution in [0.1, 0.15) is 61.8 Å². The maximum Gasteiger partial charge on any atom is 0.274 e. The maximum absolute atomic E-state index is 16.0. The molecule has 8 nitrogen and oxygen atoms in total. The number of fused-ring (bicyclic) bond motifs is 1. The van der Waals surface area contributed by atoms with Crippen molar-refractivity contribution in [2.75, 3.05) is 26.7 Å². The summed E-state index contributed by atoms with van der Waals surface area (Å²) in [6.07, 6.45) is 3.69. The van der Waals surface area contributed by atoms with Gasteiger partial charge in [0.15, 0.2) is 11.6 Å². The molecule has 0 aliphatic carbocycles. The number of likely N-dealkylation sites (N-methyl/N-ethyl adjacent to an activating group) is 1. The number of aromatic amines is 1. The van der Waals surface area contributed by atoms with Gasteiger partial charge in [0.1, 0.15) is 17.8 Å². The Hall–Kier alpha value is -2.69. The number of aliphatic hydroxyl groups is 1. The fourth-order valence-corrected chi connectivity index (χ4v) is 5.96. The van der Waals surface area contributed by atoms with Crippen molar-refractivity contribution in [1.29, 1.82) is 0 Å². The Morgan fingerprint density at radius 2 is 2.14 bits per heavy atom. The summed E-state index contributed by atoms with van der Waals surface area (Å²) in [7, 11) is 3.66. The predicted molar refractivity (Wildman–Crippen MR) is 141 cm³/mol. The average molecular weight is 519 g/mol. The van der Waals surface area contributed by atoms with Crippen LogP contribution in [-0.4, -0.2) is 63.9 Å². The van der Waals surface area contributed by atoms with Crippen LogP contribution in [0.25, 0.3) is 21.3 Å². The highest BCUT2D eigenvalue weighted by Crippen LogP contribution is 2.48. The number of carbonyl (C=O) groups is 1. The van der Waals surface area contributed by atoms with E-state index in [0.29, 0.717) is 33.9 Å². The largest absolute Gasteiger partial charge is 0.487 e. The number of likely N-dealkylation sites (tertiary alicyclic amines) is 1. The summed E-state index contributed by atoms with van der Waals surface area (Å²) in [6, 6.07) is 1.81. The van der Waals surface area contributed by atoms with E-state index in [-0.39, 0.29) is 34.5 Å². The van der Waals surface area contributed by atoms with Gasteiger partial charge in [-0.3, -0.25) is 9.59 Å². The Labute approximate surface area is 214 Å². The molecule has 2 unspecified atom stereocenters. The van der Waals surface area contributed by atoms with Crippen LogP contribution in [0.15, 0.2) is 17.1 Å². The van der Waals surface area contributed by atoms with Gasteiger partial charge in [0.2, 0.25) is 0 Å². The molecule has 3 aromatic heterocycles. The van der Waals surface area contributed by atoms with Gasteiger partial charge >= 0.3 is 0 Å². The standard InChI is InChI=1S/C26H35FN4O4S/c1-7-28-24(32)18-11-16-17(12-31(6)25(33)20(16)29-18)23-21(35-13-15-9-8-10-30(15)5)19(27)22(36-23)14(2)26(3,4)34/h11-12,14-15,29,34H,7-10,13H2,1-6H3,(H,28,32). The van der Waals surface area contributed by atoms with Gasteiger partial charge in [-0.15, -0.1) is 11.3 Å². The first-order valence-electron chi connectivity index (χ1n) is 12.3. The van der Waals surface area contributed by atoms with E-state index < -0.39 is 17.3 Å². The summed E-state index contributed by atoms with van der Waals surface area (Å²) < 4.78 is 23.5. The molecule has 4 heterocycles. The topological polar surface area (TPSA) is 99.6 Å². The molecule has 1 saturated heterocycles. The van der Waals surface area contributed by atoms with Gasteiger partial charge in [-0.05, 0) is 53.3 Å². The summed E-state index contributed by atoms with van der Waals surface area (Å²) in [4.78, 5) is 31.5. The third-order valence-corrected chi connectivity index (χ3v) is 8.53. The minimum absolute atomic E-state index is 0.118. The molecule has 36 heavy (non-hydrogen) atoms. The third kappa shape index (κ3) is 4.81. The molecule has 196 valence electrons. The van der Waals surface area contributed by atoms with E-state index in [9.17, 15) is 14.7 Å². The third-order valence-electron chi connectivity index (χ3n) is 7.17. The van der Waals surface area contributed by atoms with Crippen LogP contribution >= 0.6 is 11.3 Å². The number of halogens is 1. The predicted octanol–water partition coefficient (Wildman–Crippen LogP) is 3.83. The van der Waals surface area contributed by atoms with Crippen molar-refractivity contribution in [3.63, 3.8) is 0 Å². The van der Waals surface area contributed by atoms with E-state index in [1.807, 2.05) is 14.0 Å². The highest BCUT2D eigenvalue weighted by molar-refractivity contribution is 7.16. The van der Waals surface area contributed by atoms with Crippen LogP contribution in [0.4, 0.5) is 4.39 Å². The zero-order chi connectivity index (χ0) is 26.4. The summed E-state index contributed by atoms with van der Waals surface area (Å²) >= 11 is 1.21. The minimum atomic E-state index is -1.15. The first-order valence-corrected chi connectivity index (χ1v) is 13.1. The van der Waals surface area contributed by atoms with Crippen molar-refractivity contribution in [2.45, 2.75) is 58.1 Å². The van der Waals surface area contributed by atoms with Crippen molar-refractivity contribution < 1.29 is 19.0 Å². The van der Waals surface area contributed by atoms with Crippen LogP contribution < -0.4 is 15.6 Å². The van der Waals surface area contributed by atoms with Gasteiger partial charge in [-0.2, -0.15) is 0 Å². The number of ether oxygens (including phenoxy) is 1. The van der Waals surface area contributed by atoms with Crippen LogP contribution in [0.2, 0.25) is 0 Å². The normalized spacial score (nSPS) is 17.6. The lowest BCUT2D eigenvalue weighted by molar-refractivity contribution is 0.0557. The Morgan fingerprint density at radius 1 is 1.42 bits per heavy atom. The summed E-state index contributed by atoms with van der Waals surface area (Å²) in [5.41, 5.74) is -0.324. The van der Waals surface area contributed by atoms with Crippen molar-refractivity contribution >= 4 is 28.1 Å². The molecule has 1 aliphatic rings. The number of nitrogens with one attached hydrogen (secondary N) is 2. The summed E-state index contributed by atoms with van der Waals surface area (Å²) in [6.45, 7) is 8.66. The Morgan fingerprint density at radius 3 is 2.75 bits per heavy atom. The van der Waals surface area contributed by atoms with E-state index in [0.717, 1.165) is 19.4 Å². The maximum atomic E-state index is 16.0. The van der Waals surface area contributed by atoms with Crippen molar-refractivity contribution in [2.24, 2.45) is 7.05 Å². The molecule has 4 rings (SSSR count). The smallest absolute Gasteiger partial charge is 0.274 e. The molecule has 0 aromatic carbocycles. The number of aromatic nitrogens is 2. The molecule has 1 aliphatic heterocycles. The number of aryl methyl sites for hydroxylation is 1. The fourth-order valence-electron chi connectivity index (χ4n) is 4.58. The molecule has 0 spiro atoms. The van der Waals surface area contributed by atoms with Crippen LogP contribution in [0, 0.1) is 5.82 Å². The molecule has 3 aromatic rings. The fraction of sp³-hybridized carbons (Fsp3) is 0.538. The van der Waals surface area contributed by atoms with Crippen LogP contribution in [-0.2, 0) is 7.05 Å². The van der Waals surface area contributed by atoms with Gasteiger partial charge < -0.3 is 29.6 Å².